The van der Waals surface area contributed by atoms with Gasteiger partial charge in [0.05, 0.1) is 0 Å². The molecule has 338 valence electrons. The summed E-state index contributed by atoms with van der Waals surface area (Å²) in [5.74, 6) is 1.63. The highest BCUT2D eigenvalue weighted by Crippen LogP contribution is 2.18. The maximum Gasteiger partial charge on any atom is 0.306 e. The smallest absolute Gasteiger partial charge is 0.306 e. The molecule has 0 aliphatic heterocycles. The Hall–Kier alpha value is -1.59. The van der Waals surface area contributed by atoms with Crippen molar-refractivity contribution in [2.75, 3.05) is 13.2 Å². The summed E-state index contributed by atoms with van der Waals surface area (Å²) in [5, 5.41) is 0. The molecule has 0 spiro atoms. The van der Waals surface area contributed by atoms with E-state index in [1.807, 2.05) is 0 Å². The average molecular weight is 807 g/mol. The Morgan fingerprint density at radius 1 is 0.351 bits per heavy atom. The summed E-state index contributed by atoms with van der Waals surface area (Å²) in [6.45, 7) is 13.7. The summed E-state index contributed by atoms with van der Waals surface area (Å²) >= 11 is 0. The van der Waals surface area contributed by atoms with Gasteiger partial charge in [-0.15, -0.1) is 0 Å². The summed E-state index contributed by atoms with van der Waals surface area (Å²) in [6.07, 6.45) is 40.8. The lowest BCUT2D eigenvalue weighted by molar-refractivity contribution is -0.167. The summed E-state index contributed by atoms with van der Waals surface area (Å²) < 4.78 is 16.8. The zero-order chi connectivity index (χ0) is 42.0. The normalized spacial score (nSPS) is 12.6. The highest BCUT2D eigenvalue weighted by atomic mass is 16.6. The monoisotopic (exact) mass is 807 g/mol. The van der Waals surface area contributed by atoms with Crippen molar-refractivity contribution in [3.8, 4) is 0 Å². The summed E-state index contributed by atoms with van der Waals surface area (Å²) in [5.41, 5.74) is 0. The molecule has 0 aromatic carbocycles. The van der Waals surface area contributed by atoms with Crippen LogP contribution in [0.15, 0.2) is 0 Å². The molecule has 1 unspecified atom stereocenters. The first-order chi connectivity index (χ1) is 27.6. The molecule has 0 amide bonds. The molecule has 0 saturated carbocycles. The number of rotatable bonds is 44. The fourth-order valence-electron chi connectivity index (χ4n) is 7.55. The number of carbonyl (C=O) groups excluding carboxylic acids is 3. The first-order valence-electron chi connectivity index (χ1n) is 25.1. The third-order valence-electron chi connectivity index (χ3n) is 11.8. The second kappa shape index (κ2) is 42.5. The molecular weight excluding hydrogens is 709 g/mol. The summed E-state index contributed by atoms with van der Waals surface area (Å²) in [4.78, 5) is 37.9. The Morgan fingerprint density at radius 2 is 0.614 bits per heavy atom. The third-order valence-corrected chi connectivity index (χ3v) is 11.8. The second-order valence-electron chi connectivity index (χ2n) is 18.6. The van der Waals surface area contributed by atoms with Crippen LogP contribution in [-0.4, -0.2) is 37.2 Å². The van der Waals surface area contributed by atoms with Crippen LogP contribution in [0.25, 0.3) is 0 Å². The minimum atomic E-state index is -0.763. The minimum Gasteiger partial charge on any atom is -0.462 e. The van der Waals surface area contributed by atoms with Crippen LogP contribution in [0.2, 0.25) is 0 Å². The summed E-state index contributed by atoms with van der Waals surface area (Å²) in [6, 6.07) is 0. The second-order valence-corrected chi connectivity index (χ2v) is 18.6. The van der Waals surface area contributed by atoms with Crippen LogP contribution in [0.3, 0.4) is 0 Å². The topological polar surface area (TPSA) is 78.9 Å². The standard InChI is InChI=1S/C51H98O6/c1-7-47(6)39-33-27-21-17-18-23-29-35-41-50(53)56-44-48(43-55-49(52)40-34-28-22-15-12-11-14-20-26-32-38-46(4)5)57-51(54)42-36-30-24-16-10-8-9-13-19-25-31-37-45(2)3/h45-48H,7-44H2,1-6H3/t47?,48-/m1/s1. The van der Waals surface area contributed by atoms with Gasteiger partial charge in [0, 0.05) is 19.3 Å². The lowest BCUT2D eigenvalue weighted by Crippen LogP contribution is -2.30. The minimum absolute atomic E-state index is 0.0654. The average Bonchev–Trinajstić information content (AvgIpc) is 3.18. The zero-order valence-corrected chi connectivity index (χ0v) is 39.1. The number of hydrogen-bond acceptors (Lipinski definition) is 6. The molecule has 0 fully saturated rings. The predicted molar refractivity (Wildman–Crippen MR) is 243 cm³/mol. The van der Waals surface area contributed by atoms with E-state index in [4.69, 9.17) is 14.2 Å². The van der Waals surface area contributed by atoms with E-state index in [9.17, 15) is 14.4 Å². The van der Waals surface area contributed by atoms with Crippen LogP contribution in [0.1, 0.15) is 273 Å². The van der Waals surface area contributed by atoms with E-state index in [1.165, 1.54) is 154 Å². The molecule has 2 atom stereocenters. The zero-order valence-electron chi connectivity index (χ0n) is 39.1. The first kappa shape index (κ1) is 55.4. The quantitative estimate of drug-likeness (QED) is 0.0347. The van der Waals surface area contributed by atoms with Gasteiger partial charge in [-0.25, -0.2) is 0 Å². The molecule has 0 aromatic rings. The highest BCUT2D eigenvalue weighted by Gasteiger charge is 2.19. The first-order valence-corrected chi connectivity index (χ1v) is 25.1. The van der Waals surface area contributed by atoms with Crippen molar-refractivity contribution in [2.45, 2.75) is 279 Å². The molecule has 6 heteroatoms. The van der Waals surface area contributed by atoms with E-state index < -0.39 is 6.10 Å². The highest BCUT2D eigenvalue weighted by molar-refractivity contribution is 5.71. The van der Waals surface area contributed by atoms with Gasteiger partial charge < -0.3 is 14.2 Å². The molecular formula is C51H98O6. The maximum atomic E-state index is 12.8. The van der Waals surface area contributed by atoms with Crippen LogP contribution in [0.4, 0.5) is 0 Å². The van der Waals surface area contributed by atoms with Crippen molar-refractivity contribution in [3.05, 3.63) is 0 Å². The Labute approximate surface area is 355 Å². The lowest BCUT2D eigenvalue weighted by Gasteiger charge is -2.18. The molecule has 0 N–H and O–H groups in total. The van der Waals surface area contributed by atoms with Crippen LogP contribution in [-0.2, 0) is 28.6 Å². The van der Waals surface area contributed by atoms with Crippen molar-refractivity contribution in [1.82, 2.24) is 0 Å². The van der Waals surface area contributed by atoms with E-state index in [0.29, 0.717) is 19.3 Å². The molecule has 0 saturated heterocycles. The maximum absolute atomic E-state index is 12.8. The number of esters is 3. The SMILES string of the molecule is CCC(C)CCCCCCCCCCC(=O)OC[C@@H](COC(=O)CCCCCCCCCCCCC(C)C)OC(=O)CCCCCCCCCCCCCC(C)C. The summed E-state index contributed by atoms with van der Waals surface area (Å²) in [7, 11) is 0. The van der Waals surface area contributed by atoms with E-state index in [1.54, 1.807) is 0 Å². The van der Waals surface area contributed by atoms with Crippen molar-refractivity contribution < 1.29 is 28.6 Å². The van der Waals surface area contributed by atoms with Crippen molar-refractivity contribution in [3.63, 3.8) is 0 Å². The Balaban J connectivity index is 4.34. The molecule has 0 aromatic heterocycles. The molecule has 0 radical (unpaired) electrons. The van der Waals surface area contributed by atoms with E-state index >= 15 is 0 Å². The number of unbranched alkanes of at least 4 members (excludes halogenated alkanes) is 26. The molecule has 0 bridgehead atoms. The molecule has 0 heterocycles. The van der Waals surface area contributed by atoms with Gasteiger partial charge in [0.25, 0.3) is 0 Å². The van der Waals surface area contributed by atoms with Gasteiger partial charge in [-0.05, 0) is 37.0 Å². The Bertz CT molecular complexity index is 885. The molecule has 6 nitrogen and oxygen atoms in total. The van der Waals surface area contributed by atoms with Crippen LogP contribution >= 0.6 is 0 Å². The van der Waals surface area contributed by atoms with Crippen LogP contribution in [0.5, 0.6) is 0 Å². The predicted octanol–water partition coefficient (Wildman–Crippen LogP) is 16.0. The van der Waals surface area contributed by atoms with Gasteiger partial charge in [0.1, 0.15) is 13.2 Å². The largest absolute Gasteiger partial charge is 0.462 e. The molecule has 0 aliphatic rings. The van der Waals surface area contributed by atoms with Gasteiger partial charge >= 0.3 is 17.9 Å². The third kappa shape index (κ3) is 43.8. The van der Waals surface area contributed by atoms with Gasteiger partial charge in [-0.1, -0.05) is 234 Å². The van der Waals surface area contributed by atoms with Gasteiger partial charge in [0.15, 0.2) is 6.10 Å². The number of carbonyl (C=O) groups is 3. The number of hydrogen-bond donors (Lipinski definition) is 0. The van der Waals surface area contributed by atoms with Crippen LogP contribution in [0, 0.1) is 17.8 Å². The molecule has 57 heavy (non-hydrogen) atoms. The Kier molecular flexibility index (Phi) is 41.3. The van der Waals surface area contributed by atoms with E-state index in [0.717, 1.165) is 75.5 Å². The van der Waals surface area contributed by atoms with Crippen molar-refractivity contribution in [1.29, 1.82) is 0 Å². The fourth-order valence-corrected chi connectivity index (χ4v) is 7.55. The van der Waals surface area contributed by atoms with Gasteiger partial charge in [0.2, 0.25) is 0 Å². The van der Waals surface area contributed by atoms with Gasteiger partial charge in [-0.3, -0.25) is 14.4 Å². The molecule has 0 rings (SSSR count). The van der Waals surface area contributed by atoms with E-state index in [2.05, 4.69) is 41.5 Å². The number of ether oxygens (including phenoxy) is 3. The van der Waals surface area contributed by atoms with Crippen molar-refractivity contribution in [2.24, 2.45) is 17.8 Å². The lowest BCUT2D eigenvalue weighted by atomic mass is 9.99. The Morgan fingerprint density at radius 3 is 0.912 bits per heavy atom. The molecule has 0 aliphatic carbocycles. The van der Waals surface area contributed by atoms with Gasteiger partial charge in [-0.2, -0.15) is 0 Å². The van der Waals surface area contributed by atoms with E-state index in [-0.39, 0.29) is 31.1 Å². The van der Waals surface area contributed by atoms with Crippen molar-refractivity contribution >= 4 is 17.9 Å². The van der Waals surface area contributed by atoms with Crippen LogP contribution < -0.4 is 0 Å². The fraction of sp³-hybridized carbons (Fsp3) is 0.941.